The van der Waals surface area contributed by atoms with Crippen molar-refractivity contribution >= 4 is 12.4 Å². The SMILES string of the molecule is C=CCN1CCC23CCCC2(CCc2ccccc23)C1.Cl. The molecule has 1 aliphatic heterocycles. The topological polar surface area (TPSA) is 3.24 Å². The van der Waals surface area contributed by atoms with Gasteiger partial charge in [-0.2, -0.15) is 0 Å². The van der Waals surface area contributed by atoms with E-state index >= 15 is 0 Å². The van der Waals surface area contributed by atoms with Crippen molar-refractivity contribution in [3.63, 3.8) is 0 Å². The molecule has 2 heteroatoms. The molecule has 2 fully saturated rings. The summed E-state index contributed by atoms with van der Waals surface area (Å²) in [4.78, 5) is 2.64. The van der Waals surface area contributed by atoms with Crippen molar-refractivity contribution in [3.05, 3.63) is 48.0 Å². The maximum Gasteiger partial charge on any atom is 0.0160 e. The summed E-state index contributed by atoms with van der Waals surface area (Å²) in [6, 6.07) is 9.31. The molecule has 3 aliphatic rings. The lowest BCUT2D eigenvalue weighted by Gasteiger charge is -2.56. The van der Waals surface area contributed by atoms with Crippen molar-refractivity contribution in [2.75, 3.05) is 19.6 Å². The third-order valence-corrected chi connectivity index (χ3v) is 6.45. The van der Waals surface area contributed by atoms with E-state index in [1.807, 2.05) is 0 Å². The maximum atomic E-state index is 3.93. The second kappa shape index (κ2) is 5.44. The van der Waals surface area contributed by atoms with E-state index < -0.39 is 0 Å². The van der Waals surface area contributed by atoms with Gasteiger partial charge in [-0.05, 0) is 55.2 Å². The highest BCUT2D eigenvalue weighted by Crippen LogP contribution is 2.63. The fourth-order valence-electron chi connectivity index (χ4n) is 5.63. The van der Waals surface area contributed by atoms with Crippen LogP contribution < -0.4 is 0 Å². The third kappa shape index (κ3) is 2.01. The largest absolute Gasteiger partial charge is 0.299 e. The van der Waals surface area contributed by atoms with E-state index in [1.165, 1.54) is 51.6 Å². The highest BCUT2D eigenvalue weighted by Gasteiger charge is 2.59. The number of halogens is 1. The number of nitrogens with zero attached hydrogens (tertiary/aromatic N) is 1. The Kier molecular flexibility index (Phi) is 3.92. The molecule has 21 heavy (non-hydrogen) atoms. The molecule has 2 aliphatic carbocycles. The summed E-state index contributed by atoms with van der Waals surface area (Å²) in [6.45, 7) is 7.55. The Morgan fingerprint density at radius 2 is 2.00 bits per heavy atom. The predicted octanol–water partition coefficient (Wildman–Crippen LogP) is 4.35. The standard InChI is InChI=1S/C19H25N.ClH/c1-2-13-20-14-12-19-10-5-9-18(19,15-20)11-8-16-6-3-4-7-17(16)19;/h2-4,6-7H,1,5,8-15H2;1H. The number of hydrogen-bond acceptors (Lipinski definition) is 1. The van der Waals surface area contributed by atoms with Gasteiger partial charge >= 0.3 is 0 Å². The molecule has 0 amide bonds. The van der Waals surface area contributed by atoms with Gasteiger partial charge in [0.2, 0.25) is 0 Å². The zero-order chi connectivity index (χ0) is 13.6. The Morgan fingerprint density at radius 3 is 2.86 bits per heavy atom. The average molecular weight is 304 g/mol. The Bertz CT molecular complexity index is 540. The molecule has 114 valence electrons. The number of likely N-dealkylation sites (tertiary alicyclic amines) is 1. The molecule has 0 spiro atoms. The number of rotatable bonds is 2. The van der Waals surface area contributed by atoms with Crippen LogP contribution in [-0.4, -0.2) is 24.5 Å². The first-order chi connectivity index (χ1) is 9.80. The van der Waals surface area contributed by atoms with E-state index in [0.29, 0.717) is 10.8 Å². The monoisotopic (exact) mass is 303 g/mol. The first kappa shape index (κ1) is 15.1. The van der Waals surface area contributed by atoms with E-state index in [9.17, 15) is 0 Å². The van der Waals surface area contributed by atoms with Crippen molar-refractivity contribution in [2.24, 2.45) is 5.41 Å². The second-order valence-electron chi connectivity index (χ2n) is 7.15. The van der Waals surface area contributed by atoms with Gasteiger partial charge in [0.15, 0.2) is 0 Å². The minimum absolute atomic E-state index is 0. The summed E-state index contributed by atoms with van der Waals surface area (Å²) in [5.74, 6) is 0. The van der Waals surface area contributed by atoms with Crippen LogP contribution in [0, 0.1) is 5.41 Å². The van der Waals surface area contributed by atoms with Crippen LogP contribution in [0.15, 0.2) is 36.9 Å². The molecule has 0 bridgehead atoms. The Balaban J connectivity index is 0.00000132. The summed E-state index contributed by atoms with van der Waals surface area (Å²) in [5.41, 5.74) is 4.41. The first-order valence-corrected chi connectivity index (χ1v) is 8.21. The molecular weight excluding hydrogens is 278 g/mol. The maximum absolute atomic E-state index is 3.93. The quantitative estimate of drug-likeness (QED) is 0.734. The van der Waals surface area contributed by atoms with Gasteiger partial charge in [0.1, 0.15) is 0 Å². The van der Waals surface area contributed by atoms with Gasteiger partial charge in [-0.1, -0.05) is 36.8 Å². The molecule has 1 aromatic rings. The highest BCUT2D eigenvalue weighted by molar-refractivity contribution is 5.85. The Morgan fingerprint density at radius 1 is 1.14 bits per heavy atom. The molecule has 0 aromatic heterocycles. The van der Waals surface area contributed by atoms with Crippen molar-refractivity contribution in [1.29, 1.82) is 0 Å². The molecule has 1 heterocycles. The summed E-state index contributed by atoms with van der Waals surface area (Å²) in [6.07, 6.45) is 10.4. The van der Waals surface area contributed by atoms with Crippen molar-refractivity contribution in [3.8, 4) is 0 Å². The van der Waals surface area contributed by atoms with Crippen LogP contribution in [0.4, 0.5) is 0 Å². The molecule has 2 unspecified atom stereocenters. The van der Waals surface area contributed by atoms with Gasteiger partial charge in [0.25, 0.3) is 0 Å². The van der Waals surface area contributed by atoms with Crippen LogP contribution in [-0.2, 0) is 11.8 Å². The first-order valence-electron chi connectivity index (χ1n) is 8.21. The molecule has 1 nitrogen and oxygen atoms in total. The third-order valence-electron chi connectivity index (χ3n) is 6.45. The highest BCUT2D eigenvalue weighted by atomic mass is 35.5. The van der Waals surface area contributed by atoms with Gasteiger partial charge in [-0.25, -0.2) is 0 Å². The number of fused-ring (bicyclic) bond motifs is 1. The van der Waals surface area contributed by atoms with Gasteiger partial charge in [-0.3, -0.25) is 4.90 Å². The summed E-state index contributed by atoms with van der Waals surface area (Å²) < 4.78 is 0. The summed E-state index contributed by atoms with van der Waals surface area (Å²) in [5, 5.41) is 0. The van der Waals surface area contributed by atoms with Crippen LogP contribution in [0.25, 0.3) is 0 Å². The average Bonchev–Trinajstić information content (AvgIpc) is 2.87. The zero-order valence-corrected chi connectivity index (χ0v) is 13.6. The van der Waals surface area contributed by atoms with Gasteiger partial charge in [0, 0.05) is 18.5 Å². The number of aryl methyl sites for hydroxylation is 1. The molecule has 2 atom stereocenters. The van der Waals surface area contributed by atoms with Crippen molar-refractivity contribution in [1.82, 2.24) is 4.90 Å². The Hall–Kier alpha value is -0.790. The van der Waals surface area contributed by atoms with Gasteiger partial charge in [0.05, 0.1) is 0 Å². The van der Waals surface area contributed by atoms with E-state index in [-0.39, 0.29) is 12.4 Å². The molecule has 1 saturated carbocycles. The molecule has 0 radical (unpaired) electrons. The molecule has 4 rings (SSSR count). The smallest absolute Gasteiger partial charge is 0.0160 e. The van der Waals surface area contributed by atoms with E-state index in [4.69, 9.17) is 0 Å². The van der Waals surface area contributed by atoms with Crippen LogP contribution in [0.1, 0.15) is 43.2 Å². The second-order valence-corrected chi connectivity index (χ2v) is 7.15. The van der Waals surface area contributed by atoms with Crippen LogP contribution in [0.5, 0.6) is 0 Å². The van der Waals surface area contributed by atoms with E-state index in [0.717, 1.165) is 6.54 Å². The minimum atomic E-state index is 0. The fraction of sp³-hybridized carbons (Fsp3) is 0.579. The molecule has 1 saturated heterocycles. The lowest BCUT2D eigenvalue weighted by atomic mass is 9.52. The molecular formula is C19H26ClN. The zero-order valence-electron chi connectivity index (χ0n) is 12.8. The summed E-state index contributed by atoms with van der Waals surface area (Å²) >= 11 is 0. The lowest BCUT2D eigenvalue weighted by molar-refractivity contribution is 0.0124. The normalized spacial score (nSPS) is 34.3. The number of hydrogen-bond donors (Lipinski definition) is 0. The Labute approximate surface area is 134 Å². The van der Waals surface area contributed by atoms with Gasteiger partial charge < -0.3 is 0 Å². The lowest BCUT2D eigenvalue weighted by Crippen LogP contribution is -2.57. The minimum Gasteiger partial charge on any atom is -0.299 e. The molecule has 0 N–H and O–H groups in total. The van der Waals surface area contributed by atoms with E-state index in [1.54, 1.807) is 11.1 Å². The van der Waals surface area contributed by atoms with E-state index in [2.05, 4.69) is 41.8 Å². The van der Waals surface area contributed by atoms with Crippen molar-refractivity contribution in [2.45, 2.75) is 43.9 Å². The van der Waals surface area contributed by atoms with Crippen LogP contribution in [0.2, 0.25) is 0 Å². The predicted molar refractivity (Wildman–Crippen MR) is 91.2 cm³/mol. The molecule has 1 aromatic carbocycles. The van der Waals surface area contributed by atoms with Crippen molar-refractivity contribution < 1.29 is 0 Å². The number of piperidine rings is 1. The van der Waals surface area contributed by atoms with Crippen LogP contribution >= 0.6 is 12.4 Å². The van der Waals surface area contributed by atoms with Crippen LogP contribution in [0.3, 0.4) is 0 Å². The fourth-order valence-corrected chi connectivity index (χ4v) is 5.63. The van der Waals surface area contributed by atoms with Gasteiger partial charge in [-0.15, -0.1) is 19.0 Å². The summed E-state index contributed by atoms with van der Waals surface area (Å²) in [7, 11) is 0. The number of benzene rings is 1.